The summed E-state index contributed by atoms with van der Waals surface area (Å²) in [5, 5.41) is 8.18. The Labute approximate surface area is 214 Å². The quantitative estimate of drug-likeness (QED) is 0.460. The van der Waals surface area contributed by atoms with E-state index in [0.29, 0.717) is 18.0 Å². The van der Waals surface area contributed by atoms with Crippen LogP contribution in [0, 0.1) is 6.92 Å². The number of hydrogen-bond acceptors (Lipinski definition) is 5. The molecule has 0 aromatic heterocycles. The van der Waals surface area contributed by atoms with Gasteiger partial charge < -0.3 is 25.4 Å². The first-order valence-electron chi connectivity index (χ1n) is 12.1. The molecule has 0 radical (unpaired) electrons. The van der Waals surface area contributed by atoms with E-state index in [4.69, 9.17) is 9.47 Å². The van der Waals surface area contributed by atoms with Crippen molar-refractivity contribution in [2.45, 2.75) is 72.4 Å². The molecule has 2 aromatic carbocycles. The Morgan fingerprint density at radius 3 is 2.14 bits per heavy atom. The highest BCUT2D eigenvalue weighted by atomic mass is 16.6. The maximum absolute atomic E-state index is 12.3. The minimum absolute atomic E-state index is 0.0718. The highest BCUT2D eigenvalue weighted by Crippen LogP contribution is 2.32. The average molecular weight is 498 g/mol. The summed E-state index contributed by atoms with van der Waals surface area (Å²) >= 11 is 0. The molecule has 8 heteroatoms. The van der Waals surface area contributed by atoms with Gasteiger partial charge >= 0.3 is 6.09 Å². The van der Waals surface area contributed by atoms with E-state index in [-0.39, 0.29) is 36.8 Å². The summed E-state index contributed by atoms with van der Waals surface area (Å²) < 4.78 is 10.9. The molecule has 8 nitrogen and oxygen atoms in total. The van der Waals surface area contributed by atoms with Crippen LogP contribution in [0.1, 0.15) is 64.7 Å². The van der Waals surface area contributed by atoms with Crippen molar-refractivity contribution >= 4 is 23.6 Å². The molecule has 0 heterocycles. The van der Waals surface area contributed by atoms with E-state index in [1.807, 2.05) is 31.2 Å². The van der Waals surface area contributed by atoms with Crippen molar-refractivity contribution in [2.75, 3.05) is 18.5 Å². The largest absolute Gasteiger partial charge is 0.483 e. The molecule has 0 aliphatic heterocycles. The zero-order valence-electron chi connectivity index (χ0n) is 22.4. The molecular formula is C28H39N3O5. The lowest BCUT2D eigenvalue weighted by molar-refractivity contribution is -0.123. The fourth-order valence-electron chi connectivity index (χ4n) is 3.27. The second kappa shape index (κ2) is 12.4. The monoisotopic (exact) mass is 497 g/mol. The molecule has 0 saturated heterocycles. The molecule has 0 unspecified atom stereocenters. The van der Waals surface area contributed by atoms with E-state index in [2.05, 4.69) is 42.8 Å². The van der Waals surface area contributed by atoms with Gasteiger partial charge in [0.05, 0.1) is 0 Å². The predicted molar refractivity (Wildman–Crippen MR) is 141 cm³/mol. The van der Waals surface area contributed by atoms with Gasteiger partial charge in [-0.3, -0.25) is 9.59 Å². The number of nitrogens with one attached hydrogen (secondary N) is 3. The molecule has 0 aliphatic carbocycles. The highest BCUT2D eigenvalue weighted by Gasteiger charge is 2.20. The second-order valence-corrected chi connectivity index (χ2v) is 10.7. The first kappa shape index (κ1) is 28.7. The van der Waals surface area contributed by atoms with E-state index >= 15 is 0 Å². The first-order valence-corrected chi connectivity index (χ1v) is 12.1. The van der Waals surface area contributed by atoms with Crippen molar-refractivity contribution in [1.82, 2.24) is 10.6 Å². The van der Waals surface area contributed by atoms with Gasteiger partial charge in [-0.15, -0.1) is 0 Å². The molecule has 0 aliphatic rings. The van der Waals surface area contributed by atoms with Crippen molar-refractivity contribution < 1.29 is 23.9 Å². The molecule has 0 spiro atoms. The van der Waals surface area contributed by atoms with Crippen LogP contribution in [0.3, 0.4) is 0 Å². The van der Waals surface area contributed by atoms with Crippen LogP contribution in [-0.4, -0.2) is 36.7 Å². The zero-order chi connectivity index (χ0) is 26.9. The van der Waals surface area contributed by atoms with Crippen molar-refractivity contribution in [3.63, 3.8) is 0 Å². The van der Waals surface area contributed by atoms with Gasteiger partial charge in [0.15, 0.2) is 6.61 Å². The van der Waals surface area contributed by atoms with Crippen molar-refractivity contribution in [3.8, 4) is 5.75 Å². The minimum atomic E-state index is -0.586. The molecular weight excluding hydrogens is 458 g/mol. The van der Waals surface area contributed by atoms with Gasteiger partial charge in [0.2, 0.25) is 5.91 Å². The van der Waals surface area contributed by atoms with Gasteiger partial charge in [0, 0.05) is 25.2 Å². The lowest BCUT2D eigenvalue weighted by Gasteiger charge is -2.23. The Bertz CT molecular complexity index is 1050. The fraction of sp³-hybridized carbons (Fsp3) is 0.464. The number of hydrogen-bond donors (Lipinski definition) is 3. The lowest BCUT2D eigenvalue weighted by atomic mass is 9.85. The standard InChI is InChI=1S/C28H39N3O5/c1-19-8-13-23(22(16-19)27(2,3)4)35-18-25(33)30-17-20-9-11-21(12-10-20)31-24(32)14-15-29-26(34)36-28(5,6)7/h8-13,16H,14-15,17-18H2,1-7H3,(H,29,34)(H,30,33)(H,31,32). The number of alkyl carbamates (subject to hydrolysis) is 1. The molecule has 0 fully saturated rings. The number of aryl methyl sites for hydroxylation is 1. The molecule has 0 bridgehead atoms. The minimum Gasteiger partial charge on any atom is -0.483 e. The van der Waals surface area contributed by atoms with Gasteiger partial charge in [-0.1, -0.05) is 50.6 Å². The number of amides is 3. The third-order valence-corrected chi connectivity index (χ3v) is 5.05. The first-order chi connectivity index (χ1) is 16.7. The van der Waals surface area contributed by atoms with Crippen LogP contribution in [0.15, 0.2) is 42.5 Å². The maximum atomic E-state index is 12.3. The number of carbonyl (C=O) groups is 3. The summed E-state index contributed by atoms with van der Waals surface area (Å²) in [5.41, 5.74) is 3.05. The predicted octanol–water partition coefficient (Wildman–Crippen LogP) is 4.84. The number of anilines is 1. The third kappa shape index (κ3) is 10.4. The lowest BCUT2D eigenvalue weighted by Crippen LogP contribution is -2.34. The van der Waals surface area contributed by atoms with Gasteiger partial charge in [-0.25, -0.2) is 4.79 Å². The second-order valence-electron chi connectivity index (χ2n) is 10.7. The Morgan fingerprint density at radius 2 is 1.53 bits per heavy atom. The maximum Gasteiger partial charge on any atom is 0.407 e. The van der Waals surface area contributed by atoms with Gasteiger partial charge in [-0.2, -0.15) is 0 Å². The molecule has 3 amide bonds. The van der Waals surface area contributed by atoms with Crippen LogP contribution in [-0.2, 0) is 26.3 Å². The smallest absolute Gasteiger partial charge is 0.407 e. The van der Waals surface area contributed by atoms with Crippen LogP contribution >= 0.6 is 0 Å². The van der Waals surface area contributed by atoms with Crippen LogP contribution < -0.4 is 20.7 Å². The van der Waals surface area contributed by atoms with E-state index in [9.17, 15) is 14.4 Å². The number of benzene rings is 2. The summed E-state index contributed by atoms with van der Waals surface area (Å²) in [6, 6.07) is 13.1. The average Bonchev–Trinajstić information content (AvgIpc) is 2.76. The SMILES string of the molecule is Cc1ccc(OCC(=O)NCc2ccc(NC(=O)CCNC(=O)OC(C)(C)C)cc2)c(C(C)(C)C)c1. The number of rotatable bonds is 9. The van der Waals surface area contributed by atoms with Crippen LogP contribution in [0.4, 0.5) is 10.5 Å². The van der Waals surface area contributed by atoms with Crippen molar-refractivity contribution in [1.29, 1.82) is 0 Å². The number of carbonyl (C=O) groups excluding carboxylic acids is 3. The molecule has 36 heavy (non-hydrogen) atoms. The van der Waals surface area contributed by atoms with Crippen LogP contribution in [0.5, 0.6) is 5.75 Å². The molecule has 2 aromatic rings. The molecule has 2 rings (SSSR count). The topological polar surface area (TPSA) is 106 Å². The molecule has 3 N–H and O–H groups in total. The molecule has 196 valence electrons. The van der Waals surface area contributed by atoms with E-state index in [1.165, 1.54) is 0 Å². The summed E-state index contributed by atoms with van der Waals surface area (Å²) in [6.45, 7) is 14.1. The Hall–Kier alpha value is -3.55. The Kier molecular flexibility index (Phi) is 9.90. The normalized spacial score (nSPS) is 11.4. The number of ether oxygens (including phenoxy) is 2. The van der Waals surface area contributed by atoms with Gasteiger partial charge in [0.25, 0.3) is 5.91 Å². The Morgan fingerprint density at radius 1 is 0.861 bits per heavy atom. The third-order valence-electron chi connectivity index (χ3n) is 5.05. The zero-order valence-corrected chi connectivity index (χ0v) is 22.4. The molecule has 0 atom stereocenters. The van der Waals surface area contributed by atoms with Crippen LogP contribution in [0.25, 0.3) is 0 Å². The van der Waals surface area contributed by atoms with Crippen molar-refractivity contribution in [2.24, 2.45) is 0 Å². The fourth-order valence-corrected chi connectivity index (χ4v) is 3.27. The summed E-state index contributed by atoms with van der Waals surface area (Å²) in [6.07, 6.45) is -0.435. The van der Waals surface area contributed by atoms with E-state index < -0.39 is 11.7 Å². The van der Waals surface area contributed by atoms with Gasteiger partial charge in [-0.05, 0) is 62.4 Å². The van der Waals surface area contributed by atoms with E-state index in [1.54, 1.807) is 32.9 Å². The van der Waals surface area contributed by atoms with Gasteiger partial charge in [0.1, 0.15) is 11.4 Å². The highest BCUT2D eigenvalue weighted by molar-refractivity contribution is 5.91. The van der Waals surface area contributed by atoms with Crippen molar-refractivity contribution in [3.05, 3.63) is 59.2 Å². The van der Waals surface area contributed by atoms with Crippen LogP contribution in [0.2, 0.25) is 0 Å². The molecule has 0 saturated carbocycles. The Balaban J connectivity index is 1.75. The summed E-state index contributed by atoms with van der Waals surface area (Å²) in [5.74, 6) is 0.268. The van der Waals surface area contributed by atoms with E-state index in [0.717, 1.165) is 16.7 Å². The summed E-state index contributed by atoms with van der Waals surface area (Å²) in [7, 11) is 0. The summed E-state index contributed by atoms with van der Waals surface area (Å²) in [4.78, 5) is 36.0.